The maximum absolute atomic E-state index is 5.51. The standard InChI is InChI=1S/C12H14N4S/c1-8-3-4-10(9(2)5-8)6-14-16-12-15-11(13)7-17-12/h3-7H,13H2,1-2H3,(H,15,16). The Bertz CT molecular complexity index is 545. The summed E-state index contributed by atoms with van der Waals surface area (Å²) in [5.41, 5.74) is 11.9. The van der Waals surface area contributed by atoms with Crippen LogP contribution in [0.25, 0.3) is 0 Å². The third-order valence-electron chi connectivity index (χ3n) is 2.31. The molecule has 0 aliphatic carbocycles. The number of rotatable bonds is 3. The van der Waals surface area contributed by atoms with Crippen LogP contribution < -0.4 is 11.2 Å². The number of thiazole rings is 1. The fourth-order valence-electron chi connectivity index (χ4n) is 1.47. The highest BCUT2D eigenvalue weighted by molar-refractivity contribution is 7.14. The molecule has 0 saturated heterocycles. The lowest BCUT2D eigenvalue weighted by Gasteiger charge is -2.00. The molecule has 17 heavy (non-hydrogen) atoms. The van der Waals surface area contributed by atoms with E-state index in [2.05, 4.69) is 41.5 Å². The van der Waals surface area contributed by atoms with E-state index < -0.39 is 0 Å². The molecule has 0 bridgehead atoms. The van der Waals surface area contributed by atoms with Crippen molar-refractivity contribution in [2.45, 2.75) is 13.8 Å². The molecule has 0 aliphatic rings. The zero-order valence-corrected chi connectivity index (χ0v) is 10.6. The van der Waals surface area contributed by atoms with Gasteiger partial charge in [-0.15, -0.1) is 11.3 Å². The Morgan fingerprint density at radius 2 is 2.24 bits per heavy atom. The van der Waals surface area contributed by atoms with Gasteiger partial charge in [0.2, 0.25) is 5.13 Å². The van der Waals surface area contributed by atoms with Gasteiger partial charge in [-0.25, -0.2) is 4.98 Å². The summed E-state index contributed by atoms with van der Waals surface area (Å²) in [5, 5.41) is 6.60. The Balaban J connectivity index is 2.05. The van der Waals surface area contributed by atoms with Crippen LogP contribution in [0.3, 0.4) is 0 Å². The Hall–Kier alpha value is -1.88. The molecular formula is C12H14N4S. The highest BCUT2D eigenvalue weighted by Crippen LogP contribution is 2.16. The summed E-state index contributed by atoms with van der Waals surface area (Å²) in [6.07, 6.45) is 1.78. The first-order chi connectivity index (χ1) is 8.15. The number of hydrazone groups is 1. The van der Waals surface area contributed by atoms with E-state index in [1.54, 1.807) is 11.6 Å². The van der Waals surface area contributed by atoms with Gasteiger partial charge in [0.25, 0.3) is 0 Å². The second-order valence-electron chi connectivity index (χ2n) is 3.81. The van der Waals surface area contributed by atoms with Crippen molar-refractivity contribution in [3.8, 4) is 0 Å². The molecule has 0 atom stereocenters. The number of nitrogen functional groups attached to an aromatic ring is 1. The van der Waals surface area contributed by atoms with Crippen molar-refractivity contribution in [3.63, 3.8) is 0 Å². The summed E-state index contributed by atoms with van der Waals surface area (Å²) >= 11 is 1.43. The van der Waals surface area contributed by atoms with Gasteiger partial charge >= 0.3 is 0 Å². The lowest BCUT2D eigenvalue weighted by atomic mass is 10.1. The number of nitrogens with two attached hydrogens (primary N) is 1. The van der Waals surface area contributed by atoms with Gasteiger partial charge in [-0.05, 0) is 25.0 Å². The first-order valence-electron chi connectivity index (χ1n) is 5.22. The zero-order valence-electron chi connectivity index (χ0n) is 9.77. The molecular weight excluding hydrogens is 232 g/mol. The lowest BCUT2D eigenvalue weighted by Crippen LogP contribution is -1.93. The van der Waals surface area contributed by atoms with Crippen molar-refractivity contribution in [1.29, 1.82) is 0 Å². The van der Waals surface area contributed by atoms with Gasteiger partial charge in [0.15, 0.2) is 0 Å². The van der Waals surface area contributed by atoms with E-state index in [0.717, 1.165) is 5.56 Å². The molecule has 2 aromatic rings. The smallest absolute Gasteiger partial charge is 0.205 e. The fraction of sp³-hybridized carbons (Fsp3) is 0.167. The van der Waals surface area contributed by atoms with Crippen LogP contribution in [-0.2, 0) is 0 Å². The molecule has 0 unspecified atom stereocenters. The molecule has 0 radical (unpaired) electrons. The number of aromatic nitrogens is 1. The third-order valence-corrected chi connectivity index (χ3v) is 3.08. The molecule has 0 spiro atoms. The monoisotopic (exact) mass is 246 g/mol. The first-order valence-corrected chi connectivity index (χ1v) is 6.10. The third kappa shape index (κ3) is 3.04. The second-order valence-corrected chi connectivity index (χ2v) is 4.67. The van der Waals surface area contributed by atoms with Gasteiger partial charge in [0.1, 0.15) is 5.82 Å². The van der Waals surface area contributed by atoms with Crippen LogP contribution in [0.2, 0.25) is 0 Å². The summed E-state index contributed by atoms with van der Waals surface area (Å²) in [6, 6.07) is 6.24. The van der Waals surface area contributed by atoms with Crippen molar-refractivity contribution in [2.24, 2.45) is 5.10 Å². The fourth-order valence-corrected chi connectivity index (χ4v) is 2.01. The quantitative estimate of drug-likeness (QED) is 0.646. The first kappa shape index (κ1) is 11.6. The number of benzene rings is 1. The van der Waals surface area contributed by atoms with Crippen LogP contribution in [0.5, 0.6) is 0 Å². The Labute approximate surface area is 104 Å². The molecule has 4 nitrogen and oxygen atoms in total. The summed E-state index contributed by atoms with van der Waals surface area (Å²) in [4.78, 5) is 4.05. The van der Waals surface area contributed by atoms with Crippen molar-refractivity contribution in [2.75, 3.05) is 11.2 Å². The number of hydrogen-bond donors (Lipinski definition) is 2. The maximum atomic E-state index is 5.51. The topological polar surface area (TPSA) is 63.3 Å². The summed E-state index contributed by atoms with van der Waals surface area (Å²) in [5.74, 6) is 0.513. The Morgan fingerprint density at radius 3 is 2.88 bits per heavy atom. The predicted molar refractivity (Wildman–Crippen MR) is 73.7 cm³/mol. The van der Waals surface area contributed by atoms with E-state index in [9.17, 15) is 0 Å². The second kappa shape index (κ2) is 4.97. The van der Waals surface area contributed by atoms with Gasteiger partial charge < -0.3 is 5.73 Å². The largest absolute Gasteiger partial charge is 0.383 e. The average molecular weight is 246 g/mol. The van der Waals surface area contributed by atoms with Crippen LogP contribution >= 0.6 is 11.3 Å². The van der Waals surface area contributed by atoms with E-state index in [4.69, 9.17) is 5.73 Å². The van der Waals surface area contributed by atoms with Crippen molar-refractivity contribution in [1.82, 2.24) is 4.98 Å². The minimum absolute atomic E-state index is 0.513. The molecule has 3 N–H and O–H groups in total. The van der Waals surface area contributed by atoms with Gasteiger partial charge in [0.05, 0.1) is 6.21 Å². The van der Waals surface area contributed by atoms with Crippen LogP contribution in [0, 0.1) is 13.8 Å². The van der Waals surface area contributed by atoms with Gasteiger partial charge in [-0.1, -0.05) is 23.8 Å². The summed E-state index contributed by atoms with van der Waals surface area (Å²) < 4.78 is 0. The molecule has 2 rings (SSSR count). The number of nitrogens with zero attached hydrogens (tertiary/aromatic N) is 2. The highest BCUT2D eigenvalue weighted by Gasteiger charge is 1.97. The van der Waals surface area contributed by atoms with Crippen LogP contribution in [0.4, 0.5) is 10.9 Å². The number of nitrogens with one attached hydrogen (secondary N) is 1. The summed E-state index contributed by atoms with van der Waals surface area (Å²) in [7, 11) is 0. The van der Waals surface area contributed by atoms with Gasteiger partial charge in [-0.2, -0.15) is 5.10 Å². The number of anilines is 2. The molecule has 88 valence electrons. The molecule has 1 aromatic heterocycles. The van der Waals surface area contributed by atoms with E-state index in [0.29, 0.717) is 10.9 Å². The zero-order chi connectivity index (χ0) is 12.3. The van der Waals surface area contributed by atoms with E-state index in [1.165, 1.54) is 22.5 Å². The van der Waals surface area contributed by atoms with Crippen molar-refractivity contribution >= 4 is 28.5 Å². The predicted octanol–water partition coefficient (Wildman–Crippen LogP) is 2.79. The number of aryl methyl sites for hydroxylation is 2. The van der Waals surface area contributed by atoms with Gasteiger partial charge in [0, 0.05) is 5.38 Å². The van der Waals surface area contributed by atoms with Crippen molar-refractivity contribution in [3.05, 3.63) is 40.3 Å². The van der Waals surface area contributed by atoms with E-state index in [-0.39, 0.29) is 0 Å². The van der Waals surface area contributed by atoms with Crippen LogP contribution in [0.15, 0.2) is 28.7 Å². The molecule has 0 fully saturated rings. The maximum Gasteiger partial charge on any atom is 0.205 e. The number of hydrogen-bond acceptors (Lipinski definition) is 5. The van der Waals surface area contributed by atoms with Crippen LogP contribution in [0.1, 0.15) is 16.7 Å². The molecule has 0 saturated carbocycles. The molecule has 1 heterocycles. The van der Waals surface area contributed by atoms with E-state index >= 15 is 0 Å². The molecule has 5 heteroatoms. The van der Waals surface area contributed by atoms with Crippen LogP contribution in [-0.4, -0.2) is 11.2 Å². The molecule has 1 aromatic carbocycles. The molecule has 0 aliphatic heterocycles. The normalized spacial score (nSPS) is 10.9. The summed E-state index contributed by atoms with van der Waals surface area (Å²) in [6.45, 7) is 4.14. The average Bonchev–Trinajstić information content (AvgIpc) is 2.68. The minimum atomic E-state index is 0.513. The Kier molecular flexibility index (Phi) is 3.39. The highest BCUT2D eigenvalue weighted by atomic mass is 32.1. The SMILES string of the molecule is Cc1ccc(C=NNc2nc(N)cs2)c(C)c1. The minimum Gasteiger partial charge on any atom is -0.383 e. The van der Waals surface area contributed by atoms with Gasteiger partial charge in [-0.3, -0.25) is 5.43 Å². The van der Waals surface area contributed by atoms with Crippen molar-refractivity contribution < 1.29 is 0 Å². The van der Waals surface area contributed by atoms with E-state index in [1.807, 2.05) is 6.07 Å². The Morgan fingerprint density at radius 1 is 1.41 bits per heavy atom. The molecule has 0 amide bonds. The lowest BCUT2D eigenvalue weighted by molar-refractivity contribution is 1.29.